The SMILES string of the molecule is Cc1ccc(NC(=O)NC2CCCCC2)c([N+](=O)[O-])c1. The molecular formula is C14H19N3O3. The number of carbonyl (C=O) groups is 1. The van der Waals surface area contributed by atoms with E-state index >= 15 is 0 Å². The highest BCUT2D eigenvalue weighted by molar-refractivity contribution is 5.92. The molecule has 0 aromatic heterocycles. The molecule has 6 nitrogen and oxygen atoms in total. The number of aryl methyl sites for hydroxylation is 1. The molecule has 1 aromatic carbocycles. The monoisotopic (exact) mass is 277 g/mol. The summed E-state index contributed by atoms with van der Waals surface area (Å²) in [5, 5.41) is 16.4. The summed E-state index contributed by atoms with van der Waals surface area (Å²) < 4.78 is 0. The van der Waals surface area contributed by atoms with Gasteiger partial charge in [-0.25, -0.2) is 4.79 Å². The molecule has 1 aliphatic carbocycles. The molecule has 0 saturated heterocycles. The van der Waals surface area contributed by atoms with Gasteiger partial charge in [0.15, 0.2) is 0 Å². The van der Waals surface area contributed by atoms with Gasteiger partial charge in [-0.05, 0) is 31.4 Å². The molecule has 0 bridgehead atoms. The van der Waals surface area contributed by atoms with Gasteiger partial charge in [0, 0.05) is 12.1 Å². The van der Waals surface area contributed by atoms with Gasteiger partial charge in [-0.2, -0.15) is 0 Å². The van der Waals surface area contributed by atoms with Crippen molar-refractivity contribution in [2.24, 2.45) is 0 Å². The van der Waals surface area contributed by atoms with Crippen molar-refractivity contribution in [2.75, 3.05) is 5.32 Å². The Morgan fingerprint density at radius 3 is 2.65 bits per heavy atom. The summed E-state index contributed by atoms with van der Waals surface area (Å²) in [6, 6.07) is 4.56. The van der Waals surface area contributed by atoms with Crippen molar-refractivity contribution in [1.82, 2.24) is 5.32 Å². The highest BCUT2D eigenvalue weighted by atomic mass is 16.6. The number of nitrogens with one attached hydrogen (secondary N) is 2. The summed E-state index contributed by atoms with van der Waals surface area (Å²) in [4.78, 5) is 22.4. The van der Waals surface area contributed by atoms with Crippen molar-refractivity contribution >= 4 is 17.4 Å². The Labute approximate surface area is 117 Å². The number of nitro groups is 1. The second kappa shape index (κ2) is 6.36. The molecule has 1 aliphatic rings. The van der Waals surface area contributed by atoms with Gasteiger partial charge in [-0.3, -0.25) is 10.1 Å². The smallest absolute Gasteiger partial charge is 0.319 e. The van der Waals surface area contributed by atoms with Crippen LogP contribution in [0.3, 0.4) is 0 Å². The first-order valence-corrected chi connectivity index (χ1v) is 6.89. The quantitative estimate of drug-likeness (QED) is 0.656. The number of nitrogens with zero attached hydrogens (tertiary/aromatic N) is 1. The predicted molar refractivity (Wildman–Crippen MR) is 76.9 cm³/mol. The van der Waals surface area contributed by atoms with Gasteiger partial charge < -0.3 is 10.6 Å². The maximum Gasteiger partial charge on any atom is 0.319 e. The van der Waals surface area contributed by atoms with E-state index < -0.39 is 4.92 Å². The number of nitro benzene ring substituents is 1. The zero-order valence-corrected chi connectivity index (χ0v) is 11.5. The van der Waals surface area contributed by atoms with Crippen molar-refractivity contribution < 1.29 is 9.72 Å². The maximum atomic E-state index is 11.9. The lowest BCUT2D eigenvalue weighted by atomic mass is 9.96. The molecule has 0 heterocycles. The summed E-state index contributed by atoms with van der Waals surface area (Å²) in [6.45, 7) is 1.78. The molecule has 1 saturated carbocycles. The normalized spacial score (nSPS) is 15.7. The number of urea groups is 1. The van der Waals surface area contributed by atoms with Gasteiger partial charge in [0.1, 0.15) is 5.69 Å². The number of rotatable bonds is 3. The third-order valence-electron chi connectivity index (χ3n) is 3.54. The summed E-state index contributed by atoms with van der Waals surface area (Å²) in [5.41, 5.74) is 0.938. The van der Waals surface area contributed by atoms with E-state index in [1.54, 1.807) is 19.1 Å². The van der Waals surface area contributed by atoms with Crippen molar-refractivity contribution in [3.63, 3.8) is 0 Å². The van der Waals surface area contributed by atoms with Gasteiger partial charge in [-0.1, -0.05) is 25.3 Å². The number of anilines is 1. The Bertz CT molecular complexity index is 510. The lowest BCUT2D eigenvalue weighted by Gasteiger charge is -2.22. The van der Waals surface area contributed by atoms with Gasteiger partial charge in [0.25, 0.3) is 5.69 Å². The molecule has 1 fully saturated rings. The Morgan fingerprint density at radius 1 is 1.30 bits per heavy atom. The summed E-state index contributed by atoms with van der Waals surface area (Å²) in [5.74, 6) is 0. The van der Waals surface area contributed by atoms with Crippen LogP contribution in [-0.2, 0) is 0 Å². The fourth-order valence-electron chi connectivity index (χ4n) is 2.49. The van der Waals surface area contributed by atoms with Crippen LogP contribution < -0.4 is 10.6 Å². The minimum absolute atomic E-state index is 0.0798. The minimum atomic E-state index is -0.483. The van der Waals surface area contributed by atoms with Crippen LogP contribution in [0.2, 0.25) is 0 Å². The first-order valence-electron chi connectivity index (χ1n) is 6.89. The number of hydrogen-bond acceptors (Lipinski definition) is 3. The van der Waals surface area contributed by atoms with E-state index in [4.69, 9.17) is 0 Å². The van der Waals surface area contributed by atoms with Gasteiger partial charge >= 0.3 is 6.03 Å². The fraction of sp³-hybridized carbons (Fsp3) is 0.500. The number of hydrogen-bond donors (Lipinski definition) is 2. The van der Waals surface area contributed by atoms with Crippen molar-refractivity contribution in [2.45, 2.75) is 45.1 Å². The van der Waals surface area contributed by atoms with Crippen LogP contribution >= 0.6 is 0 Å². The third kappa shape index (κ3) is 3.69. The standard InChI is InChI=1S/C14H19N3O3/c1-10-7-8-12(13(9-10)17(19)20)16-14(18)15-11-5-3-2-4-6-11/h7-9,11H,2-6H2,1H3,(H2,15,16,18). The molecule has 20 heavy (non-hydrogen) atoms. The summed E-state index contributed by atoms with van der Waals surface area (Å²) >= 11 is 0. The van der Waals surface area contributed by atoms with E-state index in [1.807, 2.05) is 0 Å². The van der Waals surface area contributed by atoms with Crippen molar-refractivity contribution in [1.29, 1.82) is 0 Å². The Balaban J connectivity index is 2.01. The highest BCUT2D eigenvalue weighted by Crippen LogP contribution is 2.25. The predicted octanol–water partition coefficient (Wildman–Crippen LogP) is 3.36. The van der Waals surface area contributed by atoms with Crippen LogP contribution in [0.25, 0.3) is 0 Å². The molecule has 0 aliphatic heterocycles. The summed E-state index contributed by atoms with van der Waals surface area (Å²) in [7, 11) is 0. The van der Waals surface area contributed by atoms with Crippen LogP contribution in [0.5, 0.6) is 0 Å². The van der Waals surface area contributed by atoms with Crippen LogP contribution in [-0.4, -0.2) is 17.0 Å². The van der Waals surface area contributed by atoms with Crippen molar-refractivity contribution in [3.05, 3.63) is 33.9 Å². The zero-order chi connectivity index (χ0) is 14.5. The lowest BCUT2D eigenvalue weighted by molar-refractivity contribution is -0.384. The third-order valence-corrected chi connectivity index (χ3v) is 3.54. The first kappa shape index (κ1) is 14.3. The maximum absolute atomic E-state index is 11.9. The van der Waals surface area contributed by atoms with Crippen LogP contribution in [0.15, 0.2) is 18.2 Å². The Morgan fingerprint density at radius 2 is 2.00 bits per heavy atom. The number of benzene rings is 1. The molecule has 2 amide bonds. The van der Waals surface area contributed by atoms with E-state index in [0.717, 1.165) is 31.2 Å². The fourth-order valence-corrected chi connectivity index (χ4v) is 2.49. The van der Waals surface area contributed by atoms with Gasteiger partial charge in [-0.15, -0.1) is 0 Å². The molecule has 6 heteroatoms. The first-order chi connectivity index (χ1) is 9.56. The van der Waals surface area contributed by atoms with Crippen LogP contribution in [0.4, 0.5) is 16.2 Å². The van der Waals surface area contributed by atoms with Crippen LogP contribution in [0, 0.1) is 17.0 Å². The van der Waals surface area contributed by atoms with E-state index in [9.17, 15) is 14.9 Å². The van der Waals surface area contributed by atoms with Crippen molar-refractivity contribution in [3.8, 4) is 0 Å². The lowest BCUT2D eigenvalue weighted by Crippen LogP contribution is -2.39. The summed E-state index contributed by atoms with van der Waals surface area (Å²) in [6.07, 6.45) is 5.40. The molecule has 1 aromatic rings. The second-order valence-corrected chi connectivity index (χ2v) is 5.21. The Kier molecular flexibility index (Phi) is 4.55. The minimum Gasteiger partial charge on any atom is -0.335 e. The highest BCUT2D eigenvalue weighted by Gasteiger charge is 2.19. The average molecular weight is 277 g/mol. The van der Waals surface area contributed by atoms with Crippen LogP contribution in [0.1, 0.15) is 37.7 Å². The number of carbonyl (C=O) groups excluding carboxylic acids is 1. The Hall–Kier alpha value is -2.11. The second-order valence-electron chi connectivity index (χ2n) is 5.21. The van der Waals surface area contributed by atoms with Gasteiger partial charge in [0.2, 0.25) is 0 Å². The van der Waals surface area contributed by atoms with E-state index in [2.05, 4.69) is 10.6 Å². The topological polar surface area (TPSA) is 84.3 Å². The molecule has 0 unspecified atom stereocenters. The van der Waals surface area contributed by atoms with E-state index in [-0.39, 0.29) is 23.4 Å². The van der Waals surface area contributed by atoms with E-state index in [1.165, 1.54) is 12.5 Å². The molecule has 2 N–H and O–H groups in total. The molecule has 0 radical (unpaired) electrons. The molecule has 2 rings (SSSR count). The largest absolute Gasteiger partial charge is 0.335 e. The average Bonchev–Trinajstić information content (AvgIpc) is 2.41. The van der Waals surface area contributed by atoms with Gasteiger partial charge in [0.05, 0.1) is 4.92 Å². The molecule has 108 valence electrons. The molecule has 0 spiro atoms. The number of amides is 2. The molecular weight excluding hydrogens is 258 g/mol. The molecule has 0 atom stereocenters. The zero-order valence-electron chi connectivity index (χ0n) is 11.5. The van der Waals surface area contributed by atoms with E-state index in [0.29, 0.717) is 0 Å².